The number of nitrogens with zero attached hydrogens (tertiary/aromatic N) is 2. The van der Waals surface area contributed by atoms with Crippen LogP contribution in [0.5, 0.6) is 0 Å². The second-order valence-electron chi connectivity index (χ2n) is 6.85. The maximum Gasteiger partial charge on any atom is 0.242 e. The van der Waals surface area contributed by atoms with Crippen LogP contribution < -0.4 is 5.73 Å². The van der Waals surface area contributed by atoms with Gasteiger partial charge in [-0.2, -0.15) is 0 Å². The standard InChI is InChI=1S/C15H29N3O/c1-17(2)14(8-7-9-14)12-18(3)13(19)15(16)10-5-4-6-11-15/h4-12,16H2,1-3H3. The molecule has 0 aromatic rings. The molecule has 110 valence electrons. The van der Waals surface area contributed by atoms with E-state index in [0.29, 0.717) is 0 Å². The maximum absolute atomic E-state index is 12.6. The lowest BCUT2D eigenvalue weighted by Crippen LogP contribution is -2.62. The molecule has 0 atom stereocenters. The van der Waals surface area contributed by atoms with Crippen LogP contribution in [0.4, 0.5) is 0 Å². The molecular formula is C15H29N3O. The van der Waals surface area contributed by atoms with E-state index in [-0.39, 0.29) is 11.4 Å². The zero-order valence-electron chi connectivity index (χ0n) is 12.7. The molecular weight excluding hydrogens is 238 g/mol. The monoisotopic (exact) mass is 267 g/mol. The third-order valence-electron chi connectivity index (χ3n) is 5.28. The minimum atomic E-state index is -0.593. The molecule has 0 aromatic carbocycles. The number of likely N-dealkylation sites (N-methyl/N-ethyl adjacent to an activating group) is 2. The van der Waals surface area contributed by atoms with Crippen molar-refractivity contribution in [3.8, 4) is 0 Å². The van der Waals surface area contributed by atoms with E-state index in [9.17, 15) is 4.79 Å². The predicted molar refractivity (Wildman–Crippen MR) is 77.9 cm³/mol. The molecule has 4 nitrogen and oxygen atoms in total. The Balaban J connectivity index is 1.99. The molecule has 2 saturated carbocycles. The van der Waals surface area contributed by atoms with E-state index in [2.05, 4.69) is 19.0 Å². The highest BCUT2D eigenvalue weighted by molar-refractivity contribution is 5.86. The van der Waals surface area contributed by atoms with Crippen LogP contribution in [0, 0.1) is 0 Å². The molecule has 1 amide bonds. The van der Waals surface area contributed by atoms with Gasteiger partial charge in [0, 0.05) is 19.1 Å². The molecule has 2 N–H and O–H groups in total. The normalized spacial score (nSPS) is 24.9. The fourth-order valence-corrected chi connectivity index (χ4v) is 3.62. The quantitative estimate of drug-likeness (QED) is 0.841. The van der Waals surface area contributed by atoms with E-state index >= 15 is 0 Å². The molecule has 0 unspecified atom stereocenters. The van der Waals surface area contributed by atoms with Gasteiger partial charge in [0.25, 0.3) is 0 Å². The third kappa shape index (κ3) is 2.79. The molecule has 2 rings (SSSR count). The Labute approximate surface area is 117 Å². The van der Waals surface area contributed by atoms with E-state index in [4.69, 9.17) is 5.73 Å². The van der Waals surface area contributed by atoms with Crippen molar-refractivity contribution < 1.29 is 4.79 Å². The highest BCUT2D eigenvalue weighted by Gasteiger charge is 2.44. The van der Waals surface area contributed by atoms with Gasteiger partial charge in [0.15, 0.2) is 0 Å². The van der Waals surface area contributed by atoms with Crippen LogP contribution in [0.2, 0.25) is 0 Å². The molecule has 2 fully saturated rings. The fraction of sp³-hybridized carbons (Fsp3) is 0.933. The Bertz CT molecular complexity index is 330. The Hall–Kier alpha value is -0.610. The average Bonchev–Trinajstić information content (AvgIpc) is 2.33. The molecule has 0 aliphatic heterocycles. The van der Waals surface area contributed by atoms with Crippen molar-refractivity contribution in [2.45, 2.75) is 62.4 Å². The first kappa shape index (κ1) is 14.8. The summed E-state index contributed by atoms with van der Waals surface area (Å²) in [6.45, 7) is 0.817. The molecule has 2 aliphatic rings. The fourth-order valence-electron chi connectivity index (χ4n) is 3.62. The Morgan fingerprint density at radius 3 is 2.00 bits per heavy atom. The number of carbonyl (C=O) groups excluding carboxylic acids is 1. The van der Waals surface area contributed by atoms with Crippen LogP contribution in [0.3, 0.4) is 0 Å². The van der Waals surface area contributed by atoms with Crippen LogP contribution in [0.25, 0.3) is 0 Å². The third-order valence-corrected chi connectivity index (χ3v) is 5.28. The molecule has 0 bridgehead atoms. The highest BCUT2D eigenvalue weighted by Crippen LogP contribution is 2.37. The summed E-state index contributed by atoms with van der Waals surface area (Å²) < 4.78 is 0. The number of hydrogen-bond donors (Lipinski definition) is 1. The first-order chi connectivity index (χ1) is 8.90. The summed E-state index contributed by atoms with van der Waals surface area (Å²) in [7, 11) is 6.17. The number of rotatable bonds is 4. The smallest absolute Gasteiger partial charge is 0.242 e. The van der Waals surface area contributed by atoms with Crippen molar-refractivity contribution in [3.63, 3.8) is 0 Å². The summed E-state index contributed by atoms with van der Waals surface area (Å²) in [6.07, 6.45) is 8.76. The number of hydrogen-bond acceptors (Lipinski definition) is 3. The number of nitrogens with two attached hydrogens (primary N) is 1. The van der Waals surface area contributed by atoms with Crippen LogP contribution in [-0.4, -0.2) is 54.5 Å². The van der Waals surface area contributed by atoms with Crippen LogP contribution in [-0.2, 0) is 4.79 Å². The van der Waals surface area contributed by atoms with E-state index in [1.807, 2.05) is 11.9 Å². The molecule has 2 aliphatic carbocycles. The summed E-state index contributed by atoms with van der Waals surface area (Å²) in [5, 5.41) is 0. The average molecular weight is 267 g/mol. The van der Waals surface area contributed by atoms with Gasteiger partial charge in [0.05, 0.1) is 5.54 Å². The molecule has 0 saturated heterocycles. The number of amides is 1. The SMILES string of the molecule is CN(CC1(N(C)C)CCC1)C(=O)C1(N)CCCCC1. The second kappa shape index (κ2) is 5.41. The van der Waals surface area contributed by atoms with E-state index in [0.717, 1.165) is 32.2 Å². The lowest BCUT2D eigenvalue weighted by Gasteiger charge is -2.50. The van der Waals surface area contributed by atoms with Crippen molar-refractivity contribution in [3.05, 3.63) is 0 Å². The molecule has 0 spiro atoms. The van der Waals surface area contributed by atoms with Gasteiger partial charge < -0.3 is 15.5 Å². The maximum atomic E-state index is 12.6. The topological polar surface area (TPSA) is 49.6 Å². The first-order valence-electron chi connectivity index (χ1n) is 7.62. The summed E-state index contributed by atoms with van der Waals surface area (Å²) in [4.78, 5) is 16.8. The van der Waals surface area contributed by atoms with E-state index in [1.165, 1.54) is 25.7 Å². The Morgan fingerprint density at radius 1 is 1.00 bits per heavy atom. The van der Waals surface area contributed by atoms with Crippen molar-refractivity contribution in [1.82, 2.24) is 9.80 Å². The molecule has 0 radical (unpaired) electrons. The highest BCUT2D eigenvalue weighted by atomic mass is 16.2. The van der Waals surface area contributed by atoms with Crippen molar-refractivity contribution >= 4 is 5.91 Å². The summed E-state index contributed by atoms with van der Waals surface area (Å²) in [6, 6.07) is 0. The van der Waals surface area contributed by atoms with Gasteiger partial charge in [-0.3, -0.25) is 4.79 Å². The van der Waals surface area contributed by atoms with Gasteiger partial charge in [0.2, 0.25) is 5.91 Å². The summed E-state index contributed by atoms with van der Waals surface area (Å²) >= 11 is 0. The Morgan fingerprint density at radius 2 is 1.58 bits per heavy atom. The minimum absolute atomic E-state index is 0.153. The van der Waals surface area contributed by atoms with Crippen molar-refractivity contribution in [1.29, 1.82) is 0 Å². The molecule has 0 aromatic heterocycles. The first-order valence-corrected chi connectivity index (χ1v) is 7.62. The van der Waals surface area contributed by atoms with Crippen molar-refractivity contribution in [2.24, 2.45) is 5.73 Å². The lowest BCUT2D eigenvalue weighted by molar-refractivity contribution is -0.139. The van der Waals surface area contributed by atoms with Crippen LogP contribution in [0.1, 0.15) is 51.4 Å². The van der Waals surface area contributed by atoms with Gasteiger partial charge in [-0.1, -0.05) is 19.3 Å². The summed E-state index contributed by atoms with van der Waals surface area (Å²) in [5.41, 5.74) is 5.95. The second-order valence-corrected chi connectivity index (χ2v) is 6.85. The van der Waals surface area contributed by atoms with Gasteiger partial charge in [0.1, 0.15) is 0 Å². The minimum Gasteiger partial charge on any atom is -0.342 e. The van der Waals surface area contributed by atoms with Crippen molar-refractivity contribution in [2.75, 3.05) is 27.7 Å². The molecule has 0 heterocycles. The van der Waals surface area contributed by atoms with Crippen LogP contribution in [0.15, 0.2) is 0 Å². The van der Waals surface area contributed by atoms with Gasteiger partial charge >= 0.3 is 0 Å². The zero-order chi connectivity index (χ0) is 14.1. The predicted octanol–water partition coefficient (Wildman–Crippen LogP) is 1.59. The Kier molecular flexibility index (Phi) is 4.21. The molecule has 19 heavy (non-hydrogen) atoms. The largest absolute Gasteiger partial charge is 0.342 e. The van der Waals surface area contributed by atoms with Gasteiger partial charge in [-0.25, -0.2) is 0 Å². The van der Waals surface area contributed by atoms with E-state index in [1.54, 1.807) is 0 Å². The molecule has 4 heteroatoms. The summed E-state index contributed by atoms with van der Waals surface area (Å²) in [5.74, 6) is 0.153. The van der Waals surface area contributed by atoms with Gasteiger partial charge in [-0.15, -0.1) is 0 Å². The zero-order valence-corrected chi connectivity index (χ0v) is 12.7. The van der Waals surface area contributed by atoms with Gasteiger partial charge in [-0.05, 0) is 46.2 Å². The van der Waals surface area contributed by atoms with Crippen LogP contribution >= 0.6 is 0 Å². The number of carbonyl (C=O) groups is 1. The van der Waals surface area contributed by atoms with E-state index < -0.39 is 5.54 Å². The lowest BCUT2D eigenvalue weighted by atomic mass is 9.74.